The number of nitrogens with zero attached hydrogens (tertiary/aromatic N) is 2. The number of benzene rings is 2. The van der Waals surface area contributed by atoms with Gasteiger partial charge < -0.3 is 24.5 Å². The van der Waals surface area contributed by atoms with E-state index in [1.54, 1.807) is 0 Å². The number of fused-ring (bicyclic) bond motifs is 1. The van der Waals surface area contributed by atoms with Crippen LogP contribution in [0.15, 0.2) is 42.5 Å². The molecule has 1 fully saturated rings. The summed E-state index contributed by atoms with van der Waals surface area (Å²) in [5.74, 6) is 0.558. The molecule has 2 N–H and O–H groups in total. The highest BCUT2D eigenvalue weighted by atomic mass is 19.4. The Labute approximate surface area is 213 Å². The lowest BCUT2D eigenvalue weighted by molar-refractivity contribution is -0.274. The summed E-state index contributed by atoms with van der Waals surface area (Å²) in [5, 5.41) is 12.1. The number of hydrogen-bond acceptors (Lipinski definition) is 5. The van der Waals surface area contributed by atoms with Crippen LogP contribution in [0.25, 0.3) is 11.0 Å². The molecule has 0 bridgehead atoms. The van der Waals surface area contributed by atoms with E-state index in [0.717, 1.165) is 24.8 Å². The lowest BCUT2D eigenvalue weighted by Gasteiger charge is -2.40. The number of carboxylic acids is 1. The first-order chi connectivity index (χ1) is 17.4. The van der Waals surface area contributed by atoms with Gasteiger partial charge in [0.2, 0.25) is 5.95 Å². The van der Waals surface area contributed by atoms with E-state index in [0.29, 0.717) is 35.2 Å². The SMILES string of the molecule is C[C@@H]1C[C@H](n2c(Nc3ccc(OC(F)(F)F)cc3)nc3cc(OCCCC(=O)O)ccc32)CC(C)(C)C1. The van der Waals surface area contributed by atoms with Gasteiger partial charge in [0.25, 0.3) is 0 Å². The molecule has 3 aromatic rings. The zero-order valence-corrected chi connectivity index (χ0v) is 21.1. The molecule has 1 saturated carbocycles. The molecule has 0 aliphatic heterocycles. The molecule has 10 heteroatoms. The number of aromatic nitrogens is 2. The Bertz CT molecular complexity index is 1240. The Morgan fingerprint density at radius 2 is 1.86 bits per heavy atom. The van der Waals surface area contributed by atoms with Crippen LogP contribution in [0.5, 0.6) is 11.5 Å². The molecule has 200 valence electrons. The first-order valence-electron chi connectivity index (χ1n) is 12.4. The highest BCUT2D eigenvalue weighted by Gasteiger charge is 2.35. The molecule has 1 aliphatic carbocycles. The molecule has 0 spiro atoms. The Hall–Kier alpha value is -3.43. The van der Waals surface area contributed by atoms with Crippen LogP contribution in [0, 0.1) is 11.3 Å². The highest BCUT2D eigenvalue weighted by Crippen LogP contribution is 2.46. The first-order valence-corrected chi connectivity index (χ1v) is 12.4. The van der Waals surface area contributed by atoms with Gasteiger partial charge in [-0.15, -0.1) is 13.2 Å². The number of ether oxygens (including phenoxy) is 2. The van der Waals surface area contributed by atoms with Crippen LogP contribution in [0.3, 0.4) is 0 Å². The molecule has 1 heterocycles. The van der Waals surface area contributed by atoms with E-state index < -0.39 is 12.3 Å². The van der Waals surface area contributed by atoms with Crippen LogP contribution in [0.4, 0.5) is 24.8 Å². The van der Waals surface area contributed by atoms with Crippen molar-refractivity contribution in [2.24, 2.45) is 11.3 Å². The average Bonchev–Trinajstić information content (AvgIpc) is 3.12. The van der Waals surface area contributed by atoms with E-state index in [1.165, 1.54) is 24.3 Å². The molecular formula is C27H32F3N3O4. The minimum absolute atomic E-state index is 0.0351. The van der Waals surface area contributed by atoms with Gasteiger partial charge in [0.05, 0.1) is 17.6 Å². The van der Waals surface area contributed by atoms with Gasteiger partial charge in [-0.25, -0.2) is 4.98 Å². The summed E-state index contributed by atoms with van der Waals surface area (Å²) in [5.41, 5.74) is 2.37. The number of alkyl halides is 3. The molecule has 1 aromatic heterocycles. The van der Waals surface area contributed by atoms with Crippen LogP contribution in [-0.4, -0.2) is 33.6 Å². The first kappa shape index (κ1) is 26.6. The maximum atomic E-state index is 12.5. The second-order valence-electron chi connectivity index (χ2n) is 10.6. The molecule has 2 atom stereocenters. The summed E-state index contributed by atoms with van der Waals surface area (Å²) in [4.78, 5) is 15.6. The van der Waals surface area contributed by atoms with Crippen LogP contribution < -0.4 is 14.8 Å². The summed E-state index contributed by atoms with van der Waals surface area (Å²) in [7, 11) is 0. The van der Waals surface area contributed by atoms with Gasteiger partial charge in [0.1, 0.15) is 11.5 Å². The number of carbonyl (C=O) groups is 1. The average molecular weight is 520 g/mol. The second kappa shape index (κ2) is 10.5. The van der Waals surface area contributed by atoms with Crippen LogP contribution in [0.1, 0.15) is 58.9 Å². The fourth-order valence-corrected chi connectivity index (χ4v) is 5.40. The second-order valence-corrected chi connectivity index (χ2v) is 10.6. The summed E-state index contributed by atoms with van der Waals surface area (Å²) in [6, 6.07) is 11.4. The fraction of sp³-hybridized carbons (Fsp3) is 0.481. The van der Waals surface area contributed by atoms with Gasteiger partial charge in [-0.05, 0) is 73.4 Å². The number of halogens is 3. The summed E-state index contributed by atoms with van der Waals surface area (Å²) >= 11 is 0. The third-order valence-corrected chi connectivity index (χ3v) is 6.54. The lowest BCUT2D eigenvalue weighted by atomic mass is 9.70. The molecule has 4 rings (SSSR count). The van der Waals surface area contributed by atoms with Crippen molar-refractivity contribution in [2.75, 3.05) is 11.9 Å². The van der Waals surface area contributed by atoms with E-state index in [-0.39, 0.29) is 30.2 Å². The van der Waals surface area contributed by atoms with Crippen LogP contribution >= 0.6 is 0 Å². The molecule has 1 aliphatic rings. The number of aliphatic carboxylic acids is 1. The molecule has 0 saturated heterocycles. The maximum absolute atomic E-state index is 12.5. The number of carboxylic acid groups (broad SMARTS) is 1. The van der Waals surface area contributed by atoms with Crippen LogP contribution in [-0.2, 0) is 4.79 Å². The standard InChI is InChI=1S/C27H32F3N3O4/c1-17-13-19(16-26(2,3)15-17)33-23-11-10-21(36-12-4-5-24(34)35)14-22(23)32-25(33)31-18-6-8-20(9-7-18)37-27(28,29)30/h6-11,14,17,19H,4-5,12-13,15-16H2,1-3H3,(H,31,32)(H,34,35)/t17-,19+/m1/s1. The molecule has 37 heavy (non-hydrogen) atoms. The van der Waals surface area contributed by atoms with Gasteiger partial charge in [0.15, 0.2) is 0 Å². The topological polar surface area (TPSA) is 85.6 Å². The lowest BCUT2D eigenvalue weighted by Crippen LogP contribution is -2.29. The molecule has 2 aromatic carbocycles. The summed E-state index contributed by atoms with van der Waals surface area (Å²) in [6.07, 6.45) is -1.24. The van der Waals surface area contributed by atoms with E-state index in [4.69, 9.17) is 14.8 Å². The molecule has 0 unspecified atom stereocenters. The van der Waals surface area contributed by atoms with Crippen molar-refractivity contribution in [3.05, 3.63) is 42.5 Å². The smallest absolute Gasteiger partial charge is 0.494 e. The maximum Gasteiger partial charge on any atom is 0.573 e. The number of nitrogens with one attached hydrogen (secondary N) is 1. The van der Waals surface area contributed by atoms with Gasteiger partial charge in [-0.3, -0.25) is 4.79 Å². The zero-order valence-electron chi connectivity index (χ0n) is 21.1. The monoisotopic (exact) mass is 519 g/mol. The van der Waals surface area contributed by atoms with Crippen molar-refractivity contribution in [3.63, 3.8) is 0 Å². The molecule has 7 nitrogen and oxygen atoms in total. The minimum Gasteiger partial charge on any atom is -0.494 e. The summed E-state index contributed by atoms with van der Waals surface area (Å²) < 4.78 is 49.5. The van der Waals surface area contributed by atoms with Gasteiger partial charge in [-0.1, -0.05) is 20.8 Å². The zero-order chi connectivity index (χ0) is 26.8. The third kappa shape index (κ3) is 7.08. The fourth-order valence-electron chi connectivity index (χ4n) is 5.40. The Morgan fingerprint density at radius 3 is 2.51 bits per heavy atom. The number of anilines is 2. The van der Waals surface area contributed by atoms with Crippen LogP contribution in [0.2, 0.25) is 0 Å². The van der Waals surface area contributed by atoms with E-state index >= 15 is 0 Å². The van der Waals surface area contributed by atoms with Crippen molar-refractivity contribution < 1.29 is 32.5 Å². The quantitative estimate of drug-likeness (QED) is 0.288. The molecule has 0 amide bonds. The van der Waals surface area contributed by atoms with Gasteiger partial charge in [0, 0.05) is 24.2 Å². The summed E-state index contributed by atoms with van der Waals surface area (Å²) in [6.45, 7) is 7.07. The number of hydrogen-bond donors (Lipinski definition) is 2. The van der Waals surface area contributed by atoms with Crippen molar-refractivity contribution in [2.45, 2.75) is 65.3 Å². The van der Waals surface area contributed by atoms with Crippen molar-refractivity contribution >= 4 is 28.6 Å². The number of rotatable bonds is 9. The van der Waals surface area contributed by atoms with Crippen molar-refractivity contribution in [3.8, 4) is 11.5 Å². The van der Waals surface area contributed by atoms with E-state index in [9.17, 15) is 18.0 Å². The van der Waals surface area contributed by atoms with Crippen molar-refractivity contribution in [1.29, 1.82) is 0 Å². The van der Waals surface area contributed by atoms with E-state index in [1.807, 2.05) is 18.2 Å². The highest BCUT2D eigenvalue weighted by molar-refractivity contribution is 5.81. The molecular weight excluding hydrogens is 487 g/mol. The minimum atomic E-state index is -4.75. The Morgan fingerprint density at radius 1 is 1.16 bits per heavy atom. The predicted molar refractivity (Wildman–Crippen MR) is 134 cm³/mol. The van der Waals surface area contributed by atoms with Gasteiger partial charge in [-0.2, -0.15) is 0 Å². The largest absolute Gasteiger partial charge is 0.573 e. The van der Waals surface area contributed by atoms with Gasteiger partial charge >= 0.3 is 12.3 Å². The van der Waals surface area contributed by atoms with E-state index in [2.05, 4.69) is 35.4 Å². The predicted octanol–water partition coefficient (Wildman–Crippen LogP) is 7.31. The Kier molecular flexibility index (Phi) is 7.57. The Balaban J connectivity index is 1.64. The normalized spacial score (nSPS) is 19.5. The molecule has 0 radical (unpaired) electrons. The van der Waals surface area contributed by atoms with Crippen molar-refractivity contribution in [1.82, 2.24) is 9.55 Å². The third-order valence-electron chi connectivity index (χ3n) is 6.54. The number of imidazole rings is 1.